The summed E-state index contributed by atoms with van der Waals surface area (Å²) in [5, 5.41) is 3.62. The Balaban J connectivity index is 1.63. The van der Waals surface area contributed by atoms with Gasteiger partial charge in [0.05, 0.1) is 18.8 Å². The Hall–Kier alpha value is -1.26. The number of nitrogens with one attached hydrogen (secondary N) is 1. The van der Waals surface area contributed by atoms with Gasteiger partial charge in [-0.25, -0.2) is 0 Å². The van der Waals surface area contributed by atoms with Crippen LogP contribution in [-0.4, -0.2) is 38.1 Å². The van der Waals surface area contributed by atoms with Crippen LogP contribution in [0, 0.1) is 0 Å². The van der Waals surface area contributed by atoms with E-state index in [0.29, 0.717) is 12.6 Å². The quantitative estimate of drug-likeness (QED) is 0.918. The van der Waals surface area contributed by atoms with E-state index in [0.717, 1.165) is 50.5 Å². The molecule has 2 unspecified atom stereocenters. The van der Waals surface area contributed by atoms with Crippen molar-refractivity contribution in [3.05, 3.63) is 24.3 Å². The first kappa shape index (κ1) is 13.7. The smallest absolute Gasteiger partial charge is 0.121 e. The number of ether oxygens (including phenoxy) is 3. The first-order chi connectivity index (χ1) is 9.80. The monoisotopic (exact) mass is 277 g/mol. The fraction of sp³-hybridized carbons (Fsp3) is 0.625. The van der Waals surface area contributed by atoms with Crippen molar-refractivity contribution in [3.63, 3.8) is 0 Å². The van der Waals surface area contributed by atoms with E-state index in [1.165, 1.54) is 0 Å². The zero-order valence-corrected chi connectivity index (χ0v) is 12.1. The lowest BCUT2D eigenvalue weighted by Gasteiger charge is -2.37. The second-order valence-corrected chi connectivity index (χ2v) is 5.63. The van der Waals surface area contributed by atoms with Crippen LogP contribution in [0.5, 0.6) is 5.75 Å². The van der Waals surface area contributed by atoms with Crippen LogP contribution in [0.4, 0.5) is 5.69 Å². The van der Waals surface area contributed by atoms with Crippen molar-refractivity contribution in [1.29, 1.82) is 0 Å². The zero-order valence-electron chi connectivity index (χ0n) is 12.1. The molecule has 2 saturated heterocycles. The van der Waals surface area contributed by atoms with Crippen molar-refractivity contribution >= 4 is 5.69 Å². The van der Waals surface area contributed by atoms with Crippen LogP contribution in [0.3, 0.4) is 0 Å². The highest BCUT2D eigenvalue weighted by Gasteiger charge is 2.40. The molecule has 1 N–H and O–H groups in total. The van der Waals surface area contributed by atoms with E-state index in [1.807, 2.05) is 19.1 Å². The largest absolute Gasteiger partial charge is 0.494 e. The molecule has 1 spiro atoms. The minimum Gasteiger partial charge on any atom is -0.494 e. The van der Waals surface area contributed by atoms with Gasteiger partial charge in [-0.3, -0.25) is 0 Å². The van der Waals surface area contributed by atoms with Crippen LogP contribution in [0.15, 0.2) is 24.3 Å². The molecule has 0 aromatic heterocycles. The summed E-state index contributed by atoms with van der Waals surface area (Å²) in [5.74, 6) is 0.920. The second kappa shape index (κ2) is 6.02. The lowest BCUT2D eigenvalue weighted by Crippen LogP contribution is -2.44. The van der Waals surface area contributed by atoms with Crippen molar-refractivity contribution in [1.82, 2.24) is 0 Å². The Kier molecular flexibility index (Phi) is 4.13. The van der Waals surface area contributed by atoms with Crippen LogP contribution < -0.4 is 10.1 Å². The van der Waals surface area contributed by atoms with Gasteiger partial charge in [0.2, 0.25) is 0 Å². The topological polar surface area (TPSA) is 39.7 Å². The number of anilines is 1. The summed E-state index contributed by atoms with van der Waals surface area (Å²) in [5.41, 5.74) is 1.07. The number of benzene rings is 1. The van der Waals surface area contributed by atoms with Crippen molar-refractivity contribution in [2.45, 2.75) is 37.8 Å². The van der Waals surface area contributed by atoms with Gasteiger partial charge >= 0.3 is 0 Å². The molecule has 1 aromatic rings. The molecule has 20 heavy (non-hydrogen) atoms. The third-order valence-electron chi connectivity index (χ3n) is 4.08. The molecule has 2 heterocycles. The fourth-order valence-electron chi connectivity index (χ4n) is 3.09. The molecule has 0 radical (unpaired) electrons. The predicted molar refractivity (Wildman–Crippen MR) is 78.4 cm³/mol. The molecular weight excluding hydrogens is 254 g/mol. The van der Waals surface area contributed by atoms with E-state index < -0.39 is 0 Å². The van der Waals surface area contributed by atoms with E-state index in [4.69, 9.17) is 14.2 Å². The van der Waals surface area contributed by atoms with Gasteiger partial charge in [0, 0.05) is 37.4 Å². The molecule has 2 aliphatic heterocycles. The molecule has 1 aromatic carbocycles. The molecule has 4 heteroatoms. The van der Waals surface area contributed by atoms with Gasteiger partial charge in [0.1, 0.15) is 5.75 Å². The molecule has 0 saturated carbocycles. The Morgan fingerprint density at radius 3 is 3.15 bits per heavy atom. The van der Waals surface area contributed by atoms with Crippen LogP contribution in [0.2, 0.25) is 0 Å². The molecule has 0 aliphatic carbocycles. The summed E-state index contributed by atoms with van der Waals surface area (Å²) in [6.07, 6.45) is 3.08. The highest BCUT2D eigenvalue weighted by atomic mass is 16.6. The van der Waals surface area contributed by atoms with Crippen LogP contribution in [0.25, 0.3) is 0 Å². The first-order valence-electron chi connectivity index (χ1n) is 7.51. The normalized spacial score (nSPS) is 29.6. The molecular formula is C16H23NO3. The number of hydrogen-bond acceptors (Lipinski definition) is 4. The number of hydrogen-bond donors (Lipinski definition) is 1. The molecule has 4 nitrogen and oxygen atoms in total. The van der Waals surface area contributed by atoms with Crippen molar-refractivity contribution in [3.8, 4) is 5.75 Å². The summed E-state index contributed by atoms with van der Waals surface area (Å²) in [4.78, 5) is 0. The van der Waals surface area contributed by atoms with Gasteiger partial charge in [-0.2, -0.15) is 0 Å². The van der Waals surface area contributed by atoms with Crippen molar-refractivity contribution < 1.29 is 14.2 Å². The molecule has 2 fully saturated rings. The molecule has 2 atom stereocenters. The van der Waals surface area contributed by atoms with E-state index in [-0.39, 0.29) is 5.60 Å². The van der Waals surface area contributed by atoms with E-state index in [9.17, 15) is 0 Å². The SMILES string of the molecule is CCOc1cccc(NC2CCOC3(CCOC3)C2)c1. The highest BCUT2D eigenvalue weighted by Crippen LogP contribution is 2.34. The minimum absolute atomic E-state index is 0.0482. The third kappa shape index (κ3) is 3.07. The Bertz CT molecular complexity index is 443. The maximum atomic E-state index is 5.97. The van der Waals surface area contributed by atoms with Gasteiger partial charge in [-0.1, -0.05) is 6.07 Å². The lowest BCUT2D eigenvalue weighted by atomic mass is 9.89. The Morgan fingerprint density at radius 1 is 1.40 bits per heavy atom. The standard InChI is InChI=1S/C16H23NO3/c1-2-19-15-5-3-4-13(10-15)17-14-6-8-20-16(11-14)7-9-18-12-16/h3-5,10,14,17H,2,6-9,11-12H2,1H3. The van der Waals surface area contributed by atoms with Crippen LogP contribution in [0.1, 0.15) is 26.2 Å². The molecule has 110 valence electrons. The van der Waals surface area contributed by atoms with E-state index >= 15 is 0 Å². The second-order valence-electron chi connectivity index (χ2n) is 5.63. The Labute approximate surface area is 120 Å². The predicted octanol–water partition coefficient (Wildman–Crippen LogP) is 2.84. The van der Waals surface area contributed by atoms with Gasteiger partial charge in [-0.05, 0) is 31.9 Å². The lowest BCUT2D eigenvalue weighted by molar-refractivity contribution is -0.0828. The van der Waals surface area contributed by atoms with E-state index in [2.05, 4.69) is 17.4 Å². The summed E-state index contributed by atoms with van der Waals surface area (Å²) in [6.45, 7) is 5.08. The molecule has 3 rings (SSSR count). The van der Waals surface area contributed by atoms with Gasteiger partial charge < -0.3 is 19.5 Å². The Morgan fingerprint density at radius 2 is 2.35 bits per heavy atom. The number of rotatable bonds is 4. The third-order valence-corrected chi connectivity index (χ3v) is 4.08. The zero-order chi connectivity index (χ0) is 13.8. The maximum Gasteiger partial charge on any atom is 0.121 e. The molecule has 0 amide bonds. The van der Waals surface area contributed by atoms with Crippen molar-refractivity contribution in [2.24, 2.45) is 0 Å². The summed E-state index contributed by atoms with van der Waals surface area (Å²) < 4.78 is 17.0. The summed E-state index contributed by atoms with van der Waals surface area (Å²) >= 11 is 0. The average molecular weight is 277 g/mol. The van der Waals surface area contributed by atoms with Gasteiger partial charge in [0.25, 0.3) is 0 Å². The average Bonchev–Trinajstić information content (AvgIpc) is 2.87. The highest BCUT2D eigenvalue weighted by molar-refractivity contribution is 5.49. The van der Waals surface area contributed by atoms with Gasteiger partial charge in [0.15, 0.2) is 0 Å². The fourth-order valence-corrected chi connectivity index (χ4v) is 3.09. The van der Waals surface area contributed by atoms with E-state index in [1.54, 1.807) is 0 Å². The van der Waals surface area contributed by atoms with Crippen molar-refractivity contribution in [2.75, 3.05) is 31.7 Å². The van der Waals surface area contributed by atoms with Crippen LogP contribution in [-0.2, 0) is 9.47 Å². The maximum absolute atomic E-state index is 5.97. The molecule has 2 aliphatic rings. The minimum atomic E-state index is -0.0482. The van der Waals surface area contributed by atoms with Gasteiger partial charge in [-0.15, -0.1) is 0 Å². The summed E-state index contributed by atoms with van der Waals surface area (Å²) in [6, 6.07) is 8.63. The van der Waals surface area contributed by atoms with Crippen LogP contribution >= 0.6 is 0 Å². The summed E-state index contributed by atoms with van der Waals surface area (Å²) in [7, 11) is 0. The first-order valence-corrected chi connectivity index (χ1v) is 7.51. The molecule has 0 bridgehead atoms.